The lowest BCUT2D eigenvalue weighted by Crippen LogP contribution is -2.40. The summed E-state index contributed by atoms with van der Waals surface area (Å²) in [5, 5.41) is 11.1. The van der Waals surface area contributed by atoms with Gasteiger partial charge < -0.3 is 15.3 Å². The zero-order chi connectivity index (χ0) is 13.4. The van der Waals surface area contributed by atoms with Crippen molar-refractivity contribution in [2.24, 2.45) is 0 Å². The Hall–Kier alpha value is -1.59. The summed E-state index contributed by atoms with van der Waals surface area (Å²) in [6.07, 6.45) is 0.126. The van der Waals surface area contributed by atoms with Crippen LogP contribution >= 0.6 is 0 Å². The summed E-state index contributed by atoms with van der Waals surface area (Å²) in [6.45, 7) is 5.53. The van der Waals surface area contributed by atoms with Crippen molar-refractivity contribution in [2.75, 3.05) is 13.1 Å². The smallest absolute Gasteiger partial charge is 0.305 e. The number of hydrogen-bond donors (Lipinski definition) is 2. The second-order valence-electron chi connectivity index (χ2n) is 4.06. The van der Waals surface area contributed by atoms with E-state index in [1.54, 1.807) is 0 Å². The second-order valence-corrected chi connectivity index (χ2v) is 4.06. The molecule has 0 aliphatic carbocycles. The number of hydrogen-bond acceptors (Lipinski definition) is 3. The molecule has 0 bridgehead atoms. The third kappa shape index (κ3) is 7.32. The topological polar surface area (TPSA) is 86.7 Å². The van der Waals surface area contributed by atoms with Crippen molar-refractivity contribution < 1.29 is 19.5 Å². The van der Waals surface area contributed by atoms with Gasteiger partial charge in [-0.15, -0.1) is 0 Å². The van der Waals surface area contributed by atoms with Gasteiger partial charge in [0.2, 0.25) is 11.8 Å². The summed E-state index contributed by atoms with van der Waals surface area (Å²) in [7, 11) is 0. The van der Waals surface area contributed by atoms with E-state index in [0.29, 0.717) is 0 Å². The van der Waals surface area contributed by atoms with Crippen molar-refractivity contribution in [3.63, 3.8) is 0 Å². The van der Waals surface area contributed by atoms with Gasteiger partial charge in [-0.2, -0.15) is 0 Å². The Morgan fingerprint density at radius 1 is 1.24 bits per heavy atom. The van der Waals surface area contributed by atoms with Crippen LogP contribution in [0.3, 0.4) is 0 Å². The minimum atomic E-state index is -0.926. The minimum Gasteiger partial charge on any atom is -0.481 e. The average molecular weight is 244 g/mol. The highest BCUT2D eigenvalue weighted by molar-refractivity contribution is 5.78. The maximum atomic E-state index is 11.8. The molecule has 0 saturated heterocycles. The van der Waals surface area contributed by atoms with E-state index in [1.807, 2.05) is 13.8 Å². The molecular weight excluding hydrogens is 224 g/mol. The molecular formula is C11H20N2O4. The molecule has 0 aromatic rings. The van der Waals surface area contributed by atoms with E-state index < -0.39 is 5.97 Å². The highest BCUT2D eigenvalue weighted by Gasteiger charge is 2.17. The quantitative estimate of drug-likeness (QED) is 0.671. The van der Waals surface area contributed by atoms with Gasteiger partial charge in [0, 0.05) is 32.5 Å². The molecule has 0 fully saturated rings. The van der Waals surface area contributed by atoms with Crippen molar-refractivity contribution in [2.45, 2.75) is 39.7 Å². The summed E-state index contributed by atoms with van der Waals surface area (Å²) >= 11 is 0. The standard InChI is InChI=1S/C11H20N2O4/c1-8(2)13(7-5-11(16)17)10(15)4-6-12-9(3)14/h8H,4-7H2,1-3H3,(H,12,14)(H,16,17). The molecule has 0 heterocycles. The SMILES string of the molecule is CC(=O)NCCC(=O)N(CCC(=O)O)C(C)C. The fourth-order valence-corrected chi connectivity index (χ4v) is 1.38. The molecule has 6 heteroatoms. The zero-order valence-electron chi connectivity index (χ0n) is 10.5. The van der Waals surface area contributed by atoms with Gasteiger partial charge in [-0.1, -0.05) is 0 Å². The lowest BCUT2D eigenvalue weighted by molar-refractivity contribution is -0.139. The highest BCUT2D eigenvalue weighted by Crippen LogP contribution is 2.03. The molecule has 6 nitrogen and oxygen atoms in total. The maximum absolute atomic E-state index is 11.8. The Bertz CT molecular complexity index is 289. The van der Waals surface area contributed by atoms with Crippen LogP contribution in [0.15, 0.2) is 0 Å². The van der Waals surface area contributed by atoms with E-state index in [1.165, 1.54) is 11.8 Å². The lowest BCUT2D eigenvalue weighted by Gasteiger charge is -2.26. The van der Waals surface area contributed by atoms with E-state index in [-0.39, 0.29) is 43.8 Å². The number of rotatable bonds is 7. The largest absolute Gasteiger partial charge is 0.481 e. The van der Waals surface area contributed by atoms with Gasteiger partial charge >= 0.3 is 5.97 Å². The zero-order valence-corrected chi connectivity index (χ0v) is 10.5. The van der Waals surface area contributed by atoms with Crippen molar-refractivity contribution in [1.82, 2.24) is 10.2 Å². The number of carbonyl (C=O) groups is 3. The molecule has 0 unspecified atom stereocenters. The first-order valence-corrected chi connectivity index (χ1v) is 5.60. The molecule has 98 valence electrons. The van der Waals surface area contributed by atoms with Gasteiger partial charge in [0.05, 0.1) is 6.42 Å². The van der Waals surface area contributed by atoms with Crippen molar-refractivity contribution in [3.05, 3.63) is 0 Å². The Labute approximate surface area is 101 Å². The molecule has 0 saturated carbocycles. The molecule has 0 aliphatic rings. The highest BCUT2D eigenvalue weighted by atomic mass is 16.4. The van der Waals surface area contributed by atoms with Crippen LogP contribution < -0.4 is 5.32 Å². The van der Waals surface area contributed by atoms with Gasteiger partial charge in [-0.05, 0) is 13.8 Å². The average Bonchev–Trinajstić information content (AvgIpc) is 2.16. The normalized spacial score (nSPS) is 10.1. The fourth-order valence-electron chi connectivity index (χ4n) is 1.38. The van der Waals surface area contributed by atoms with Crippen molar-refractivity contribution >= 4 is 17.8 Å². The van der Waals surface area contributed by atoms with Crippen LogP contribution in [0.1, 0.15) is 33.6 Å². The van der Waals surface area contributed by atoms with Crippen LogP contribution in [0.5, 0.6) is 0 Å². The molecule has 0 radical (unpaired) electrons. The number of carbonyl (C=O) groups excluding carboxylic acids is 2. The summed E-state index contributed by atoms with van der Waals surface area (Å²) < 4.78 is 0. The first-order valence-electron chi connectivity index (χ1n) is 5.60. The van der Waals surface area contributed by atoms with Crippen LogP contribution in [0.4, 0.5) is 0 Å². The van der Waals surface area contributed by atoms with E-state index in [0.717, 1.165) is 0 Å². The number of nitrogens with zero attached hydrogens (tertiary/aromatic N) is 1. The summed E-state index contributed by atoms with van der Waals surface area (Å²) in [5.41, 5.74) is 0. The molecule has 0 aromatic carbocycles. The van der Waals surface area contributed by atoms with E-state index >= 15 is 0 Å². The predicted octanol–water partition coefficient (Wildman–Crippen LogP) is 0.224. The van der Waals surface area contributed by atoms with Crippen molar-refractivity contribution in [3.8, 4) is 0 Å². The third-order valence-electron chi connectivity index (χ3n) is 2.22. The van der Waals surface area contributed by atoms with Crippen LogP contribution in [0.25, 0.3) is 0 Å². The van der Waals surface area contributed by atoms with Crippen molar-refractivity contribution in [1.29, 1.82) is 0 Å². The molecule has 2 amide bonds. The molecule has 2 N–H and O–H groups in total. The minimum absolute atomic E-state index is 0.0424. The summed E-state index contributed by atoms with van der Waals surface area (Å²) in [6, 6.07) is -0.0424. The van der Waals surface area contributed by atoms with E-state index in [2.05, 4.69) is 5.32 Å². The number of nitrogens with one attached hydrogen (secondary N) is 1. The second kappa shape index (κ2) is 7.65. The molecule has 0 rings (SSSR count). The van der Waals surface area contributed by atoms with Gasteiger partial charge in [0.15, 0.2) is 0 Å². The predicted molar refractivity (Wildman–Crippen MR) is 62.4 cm³/mol. The number of amides is 2. The Morgan fingerprint density at radius 3 is 2.24 bits per heavy atom. The monoisotopic (exact) mass is 244 g/mol. The number of aliphatic carboxylic acids is 1. The molecule has 0 atom stereocenters. The number of carboxylic acids is 1. The van der Waals surface area contributed by atoms with E-state index in [4.69, 9.17) is 5.11 Å². The van der Waals surface area contributed by atoms with Gasteiger partial charge in [-0.3, -0.25) is 14.4 Å². The van der Waals surface area contributed by atoms with Crippen LogP contribution in [-0.4, -0.2) is 46.9 Å². The Kier molecular flexibility index (Phi) is 6.93. The molecule has 0 spiro atoms. The number of carboxylic acid groups (broad SMARTS) is 1. The Balaban J connectivity index is 4.15. The van der Waals surface area contributed by atoms with Crippen LogP contribution in [-0.2, 0) is 14.4 Å². The first-order chi connectivity index (χ1) is 7.84. The van der Waals surface area contributed by atoms with Gasteiger partial charge in [0.1, 0.15) is 0 Å². The molecule has 17 heavy (non-hydrogen) atoms. The van der Waals surface area contributed by atoms with Gasteiger partial charge in [-0.25, -0.2) is 0 Å². The summed E-state index contributed by atoms with van der Waals surface area (Å²) in [5.74, 6) is -1.25. The van der Waals surface area contributed by atoms with E-state index in [9.17, 15) is 14.4 Å². The van der Waals surface area contributed by atoms with Crippen LogP contribution in [0.2, 0.25) is 0 Å². The first kappa shape index (κ1) is 15.4. The lowest BCUT2D eigenvalue weighted by atomic mass is 10.2. The Morgan fingerprint density at radius 2 is 1.82 bits per heavy atom. The molecule has 0 aromatic heterocycles. The maximum Gasteiger partial charge on any atom is 0.305 e. The fraction of sp³-hybridized carbons (Fsp3) is 0.727. The third-order valence-corrected chi connectivity index (χ3v) is 2.22. The van der Waals surface area contributed by atoms with Crippen LogP contribution in [0, 0.1) is 0 Å². The van der Waals surface area contributed by atoms with Gasteiger partial charge in [0.25, 0.3) is 0 Å². The summed E-state index contributed by atoms with van der Waals surface area (Å²) in [4.78, 5) is 34.4. The molecule has 0 aliphatic heterocycles.